The van der Waals surface area contributed by atoms with E-state index in [1.165, 1.54) is 6.08 Å². The van der Waals surface area contributed by atoms with E-state index in [4.69, 9.17) is 9.15 Å². The van der Waals surface area contributed by atoms with Crippen molar-refractivity contribution in [2.45, 2.75) is 0 Å². The Hall–Kier alpha value is -2.33. The molecule has 0 spiro atoms. The number of ketones is 1. The number of carbonyl (C=O) groups excluding carboxylic acids is 1. The third-order valence-electron chi connectivity index (χ3n) is 2.91. The van der Waals surface area contributed by atoms with Gasteiger partial charge in [0.25, 0.3) is 0 Å². The zero-order valence-electron chi connectivity index (χ0n) is 10.8. The fourth-order valence-corrected chi connectivity index (χ4v) is 2.56. The van der Waals surface area contributed by atoms with Gasteiger partial charge in [0, 0.05) is 10.3 Å². The molecule has 100 valence electrons. The second-order valence-corrected chi connectivity index (χ2v) is 5.18. The summed E-state index contributed by atoms with van der Waals surface area (Å²) in [7, 11) is 1.58. The number of carbonyl (C=O) groups is 1. The number of hydrogen-bond donors (Lipinski definition) is 0. The fraction of sp³-hybridized carbons (Fsp3) is 0.0625. The van der Waals surface area contributed by atoms with Gasteiger partial charge in [0.15, 0.2) is 17.1 Å². The number of rotatable bonds is 4. The highest BCUT2D eigenvalue weighted by Crippen LogP contribution is 2.28. The van der Waals surface area contributed by atoms with Crippen molar-refractivity contribution in [1.82, 2.24) is 0 Å². The van der Waals surface area contributed by atoms with Crippen LogP contribution in [-0.2, 0) is 0 Å². The third kappa shape index (κ3) is 2.38. The lowest BCUT2D eigenvalue weighted by molar-refractivity contribution is 0.102. The molecule has 0 bridgehead atoms. The SMILES string of the molecule is COc1cccc2cc(C(=O)C=Cc3cccs3)oc12. The second kappa shape index (κ2) is 5.35. The largest absolute Gasteiger partial charge is 0.493 e. The van der Waals surface area contributed by atoms with Crippen molar-refractivity contribution in [3.63, 3.8) is 0 Å². The van der Waals surface area contributed by atoms with Crippen LogP contribution in [0.5, 0.6) is 5.75 Å². The second-order valence-electron chi connectivity index (χ2n) is 4.20. The highest BCUT2D eigenvalue weighted by atomic mass is 32.1. The Balaban J connectivity index is 1.92. The van der Waals surface area contributed by atoms with E-state index < -0.39 is 0 Å². The van der Waals surface area contributed by atoms with Crippen LogP contribution in [0.3, 0.4) is 0 Å². The predicted octanol–water partition coefficient (Wildman–Crippen LogP) is 4.40. The molecule has 0 saturated carbocycles. The number of ether oxygens (including phenoxy) is 1. The normalized spacial score (nSPS) is 11.2. The molecule has 3 nitrogen and oxygen atoms in total. The van der Waals surface area contributed by atoms with Gasteiger partial charge in [-0.05, 0) is 35.7 Å². The number of thiophene rings is 1. The highest BCUT2D eigenvalue weighted by molar-refractivity contribution is 7.10. The van der Waals surface area contributed by atoms with Gasteiger partial charge >= 0.3 is 0 Å². The molecule has 0 aliphatic heterocycles. The highest BCUT2D eigenvalue weighted by Gasteiger charge is 2.12. The van der Waals surface area contributed by atoms with E-state index in [1.807, 2.05) is 35.7 Å². The molecule has 0 N–H and O–H groups in total. The van der Waals surface area contributed by atoms with Crippen LogP contribution in [0, 0.1) is 0 Å². The molecule has 0 saturated heterocycles. The summed E-state index contributed by atoms with van der Waals surface area (Å²) in [5, 5.41) is 2.83. The number of allylic oxidation sites excluding steroid dienone is 1. The van der Waals surface area contributed by atoms with Crippen molar-refractivity contribution in [3.05, 3.63) is 58.5 Å². The first-order chi connectivity index (χ1) is 9.78. The molecule has 4 heteroatoms. The van der Waals surface area contributed by atoms with Gasteiger partial charge in [-0.3, -0.25) is 4.79 Å². The van der Waals surface area contributed by atoms with Gasteiger partial charge in [0.2, 0.25) is 5.78 Å². The minimum absolute atomic E-state index is 0.156. The first-order valence-corrected chi connectivity index (χ1v) is 6.98. The van der Waals surface area contributed by atoms with Gasteiger partial charge in [0.1, 0.15) is 0 Å². The number of para-hydroxylation sites is 1. The molecule has 0 fully saturated rings. The molecule has 2 heterocycles. The summed E-state index contributed by atoms with van der Waals surface area (Å²) < 4.78 is 10.8. The average Bonchev–Trinajstić information content (AvgIpc) is 3.12. The monoisotopic (exact) mass is 284 g/mol. The number of benzene rings is 1. The van der Waals surface area contributed by atoms with E-state index in [0.29, 0.717) is 17.1 Å². The number of methoxy groups -OCH3 is 1. The van der Waals surface area contributed by atoms with Crippen LogP contribution in [0.15, 0.2) is 52.3 Å². The lowest BCUT2D eigenvalue weighted by atomic mass is 10.2. The van der Waals surface area contributed by atoms with Gasteiger partial charge < -0.3 is 9.15 Å². The molecule has 3 aromatic rings. The minimum Gasteiger partial charge on any atom is -0.493 e. The van der Waals surface area contributed by atoms with Crippen LogP contribution in [0.4, 0.5) is 0 Å². The number of hydrogen-bond acceptors (Lipinski definition) is 4. The minimum atomic E-state index is -0.156. The maximum atomic E-state index is 12.1. The van der Waals surface area contributed by atoms with Crippen LogP contribution < -0.4 is 4.74 Å². The summed E-state index contributed by atoms with van der Waals surface area (Å²) in [6.45, 7) is 0. The van der Waals surface area contributed by atoms with Crippen molar-refractivity contribution in [3.8, 4) is 5.75 Å². The van der Waals surface area contributed by atoms with Crippen molar-refractivity contribution < 1.29 is 13.9 Å². The first-order valence-electron chi connectivity index (χ1n) is 6.10. The quantitative estimate of drug-likeness (QED) is 0.526. The molecular formula is C16H12O3S. The molecule has 0 amide bonds. The van der Waals surface area contributed by atoms with Crippen molar-refractivity contribution in [2.24, 2.45) is 0 Å². The Kier molecular flexibility index (Phi) is 3.39. The van der Waals surface area contributed by atoms with Crippen LogP contribution in [0.1, 0.15) is 15.4 Å². The lowest BCUT2D eigenvalue weighted by Crippen LogP contribution is -1.89. The summed E-state index contributed by atoms with van der Waals surface area (Å²) in [6, 6.07) is 11.2. The van der Waals surface area contributed by atoms with E-state index in [9.17, 15) is 4.79 Å². The molecular weight excluding hydrogens is 272 g/mol. The van der Waals surface area contributed by atoms with Gasteiger partial charge in [0.05, 0.1) is 7.11 Å². The van der Waals surface area contributed by atoms with Gasteiger partial charge in [-0.15, -0.1) is 11.3 Å². The summed E-state index contributed by atoms with van der Waals surface area (Å²) in [5.74, 6) is 0.790. The Morgan fingerprint density at radius 3 is 2.95 bits per heavy atom. The number of fused-ring (bicyclic) bond motifs is 1. The Morgan fingerprint density at radius 2 is 2.20 bits per heavy atom. The topological polar surface area (TPSA) is 39.4 Å². The van der Waals surface area contributed by atoms with Gasteiger partial charge in [-0.2, -0.15) is 0 Å². The Labute approximate surface area is 120 Å². The Bertz CT molecular complexity index is 766. The number of furan rings is 1. The molecule has 0 unspecified atom stereocenters. The molecule has 20 heavy (non-hydrogen) atoms. The molecule has 0 aliphatic rings. The molecule has 0 radical (unpaired) electrons. The molecule has 2 aromatic heterocycles. The summed E-state index contributed by atoms with van der Waals surface area (Å²) in [4.78, 5) is 13.1. The summed E-state index contributed by atoms with van der Waals surface area (Å²) in [5.41, 5.74) is 0.600. The van der Waals surface area contributed by atoms with E-state index in [0.717, 1.165) is 10.3 Å². The zero-order valence-corrected chi connectivity index (χ0v) is 11.6. The standard InChI is InChI=1S/C16H12O3S/c1-18-14-6-2-4-11-10-15(19-16(11)14)13(17)8-7-12-5-3-9-20-12/h2-10H,1H3. The van der Waals surface area contributed by atoms with Crippen molar-refractivity contribution in [2.75, 3.05) is 7.11 Å². The summed E-state index contributed by atoms with van der Waals surface area (Å²) in [6.07, 6.45) is 3.31. The smallest absolute Gasteiger partial charge is 0.221 e. The van der Waals surface area contributed by atoms with Crippen molar-refractivity contribution >= 4 is 34.2 Å². The molecule has 0 atom stereocenters. The lowest BCUT2D eigenvalue weighted by Gasteiger charge is -1.98. The predicted molar refractivity (Wildman–Crippen MR) is 80.4 cm³/mol. The third-order valence-corrected chi connectivity index (χ3v) is 3.75. The first kappa shape index (κ1) is 12.7. The van der Waals surface area contributed by atoms with Gasteiger partial charge in [-0.25, -0.2) is 0 Å². The average molecular weight is 284 g/mol. The van der Waals surface area contributed by atoms with Crippen molar-refractivity contribution in [1.29, 1.82) is 0 Å². The van der Waals surface area contributed by atoms with Crippen LogP contribution in [-0.4, -0.2) is 12.9 Å². The van der Waals surface area contributed by atoms with Gasteiger partial charge in [-0.1, -0.05) is 18.2 Å². The zero-order chi connectivity index (χ0) is 13.9. The van der Waals surface area contributed by atoms with E-state index in [1.54, 1.807) is 30.6 Å². The molecule has 0 aliphatic carbocycles. The van der Waals surface area contributed by atoms with E-state index >= 15 is 0 Å². The van der Waals surface area contributed by atoms with Crippen LogP contribution in [0.2, 0.25) is 0 Å². The van der Waals surface area contributed by atoms with E-state index in [-0.39, 0.29) is 5.78 Å². The van der Waals surface area contributed by atoms with Crippen LogP contribution in [0.25, 0.3) is 17.0 Å². The summed E-state index contributed by atoms with van der Waals surface area (Å²) >= 11 is 1.58. The maximum absolute atomic E-state index is 12.1. The maximum Gasteiger partial charge on any atom is 0.221 e. The van der Waals surface area contributed by atoms with E-state index in [2.05, 4.69) is 0 Å². The van der Waals surface area contributed by atoms with Crippen LogP contribution >= 0.6 is 11.3 Å². The fourth-order valence-electron chi connectivity index (χ4n) is 1.94. The molecule has 1 aromatic carbocycles. The Morgan fingerprint density at radius 1 is 1.30 bits per heavy atom. The molecule has 3 rings (SSSR count).